The van der Waals surface area contributed by atoms with Crippen molar-refractivity contribution in [2.24, 2.45) is 0 Å². The summed E-state index contributed by atoms with van der Waals surface area (Å²) >= 11 is 0. The van der Waals surface area contributed by atoms with E-state index >= 15 is 0 Å². The average molecular weight is 240 g/mol. The van der Waals surface area contributed by atoms with E-state index in [1.165, 1.54) is 6.08 Å². The van der Waals surface area contributed by atoms with Crippen LogP contribution in [0.1, 0.15) is 5.56 Å². The lowest BCUT2D eigenvalue weighted by Gasteiger charge is -2.22. The van der Waals surface area contributed by atoms with Crippen LogP contribution in [0.3, 0.4) is 0 Å². The second kappa shape index (κ2) is 5.04. The van der Waals surface area contributed by atoms with E-state index in [0.29, 0.717) is 17.7 Å². The van der Waals surface area contributed by atoms with E-state index < -0.39 is 11.8 Å². The second-order valence-electron chi connectivity index (χ2n) is 3.42. The molecule has 1 aromatic rings. The molecule has 0 aliphatic carbocycles. The molecule has 1 N–H and O–H groups in total. The van der Waals surface area contributed by atoms with Crippen molar-refractivity contribution in [3.05, 3.63) is 60.4 Å². The van der Waals surface area contributed by atoms with Gasteiger partial charge in [-0.15, -0.1) is 5.73 Å². The van der Waals surface area contributed by atoms with Crippen LogP contribution in [-0.2, 0) is 0 Å². The molecule has 4 heteroatoms. The highest BCUT2D eigenvalue weighted by atomic mass is 19.4. The fraction of sp³-hybridized carbons (Fsp3) is 0.154. The van der Waals surface area contributed by atoms with Crippen molar-refractivity contribution >= 4 is 6.08 Å². The van der Waals surface area contributed by atoms with Crippen molar-refractivity contribution in [3.63, 3.8) is 0 Å². The lowest BCUT2D eigenvalue weighted by molar-refractivity contribution is -0.220. The Labute approximate surface area is 97.2 Å². The summed E-state index contributed by atoms with van der Waals surface area (Å²) in [5.74, 6) is 0. The Morgan fingerprint density at radius 2 is 1.76 bits per heavy atom. The van der Waals surface area contributed by atoms with Gasteiger partial charge in [-0.3, -0.25) is 0 Å². The fourth-order valence-corrected chi connectivity index (χ4v) is 1.17. The Hall–Kier alpha value is -1.77. The maximum atomic E-state index is 12.6. The normalized spacial score (nSPS) is 15.3. The molecule has 0 unspecified atom stereocenters. The van der Waals surface area contributed by atoms with Crippen LogP contribution in [0.5, 0.6) is 0 Å². The molecule has 1 nitrogen and oxygen atoms in total. The lowest BCUT2D eigenvalue weighted by Crippen LogP contribution is -2.41. The third-order valence-electron chi connectivity index (χ3n) is 2.11. The van der Waals surface area contributed by atoms with Gasteiger partial charge in [-0.05, 0) is 11.6 Å². The topological polar surface area (TPSA) is 20.2 Å². The highest BCUT2D eigenvalue weighted by Gasteiger charge is 2.50. The van der Waals surface area contributed by atoms with E-state index in [-0.39, 0.29) is 0 Å². The smallest absolute Gasteiger partial charge is 0.373 e. The Balaban J connectivity index is 3.04. The second-order valence-corrected chi connectivity index (χ2v) is 3.42. The molecule has 0 saturated heterocycles. The van der Waals surface area contributed by atoms with E-state index in [0.717, 1.165) is 0 Å². The molecule has 0 spiro atoms. The van der Waals surface area contributed by atoms with E-state index in [1.54, 1.807) is 30.3 Å². The molecular weight excluding hydrogens is 229 g/mol. The Kier molecular flexibility index (Phi) is 3.94. The number of hydrogen-bond donors (Lipinski definition) is 1. The predicted octanol–water partition coefficient (Wildman–Crippen LogP) is 3.33. The summed E-state index contributed by atoms with van der Waals surface area (Å²) in [6, 6.07) is 8.39. The molecule has 0 aromatic heterocycles. The summed E-state index contributed by atoms with van der Waals surface area (Å²) in [5.41, 5.74) is -0.520. The number of rotatable bonds is 3. The molecule has 0 aliphatic heterocycles. The fourth-order valence-electron chi connectivity index (χ4n) is 1.17. The minimum absolute atomic E-state index is 0.479. The molecule has 0 heterocycles. The zero-order valence-corrected chi connectivity index (χ0v) is 8.91. The maximum Gasteiger partial charge on any atom is 0.425 e. The third-order valence-corrected chi connectivity index (χ3v) is 2.11. The first kappa shape index (κ1) is 13.3. The van der Waals surface area contributed by atoms with Gasteiger partial charge in [0, 0.05) is 6.08 Å². The van der Waals surface area contributed by atoms with Gasteiger partial charge < -0.3 is 5.11 Å². The van der Waals surface area contributed by atoms with Crippen LogP contribution in [-0.4, -0.2) is 16.9 Å². The van der Waals surface area contributed by atoms with Gasteiger partial charge in [-0.2, -0.15) is 13.2 Å². The van der Waals surface area contributed by atoms with Gasteiger partial charge in [0.15, 0.2) is 0 Å². The quantitative estimate of drug-likeness (QED) is 0.803. The van der Waals surface area contributed by atoms with Gasteiger partial charge in [-0.25, -0.2) is 0 Å². The van der Waals surface area contributed by atoms with Crippen molar-refractivity contribution in [2.45, 2.75) is 11.8 Å². The molecule has 1 atom stereocenters. The van der Waals surface area contributed by atoms with Gasteiger partial charge in [0.05, 0.1) is 0 Å². The van der Waals surface area contributed by atoms with Crippen LogP contribution in [0, 0.1) is 0 Å². The first-order valence-electron chi connectivity index (χ1n) is 4.79. The summed E-state index contributed by atoms with van der Waals surface area (Å²) in [6.07, 6.45) is -2.46. The molecule has 0 amide bonds. The van der Waals surface area contributed by atoms with E-state index in [1.807, 2.05) is 5.73 Å². The first-order chi connectivity index (χ1) is 7.89. The van der Waals surface area contributed by atoms with Crippen LogP contribution in [0.15, 0.2) is 54.8 Å². The average Bonchev–Trinajstić information content (AvgIpc) is 2.27. The van der Waals surface area contributed by atoms with Gasteiger partial charge in [0.2, 0.25) is 5.60 Å². The minimum Gasteiger partial charge on any atom is -0.373 e. The minimum atomic E-state index is -4.80. The van der Waals surface area contributed by atoms with Crippen LogP contribution >= 0.6 is 0 Å². The van der Waals surface area contributed by atoms with Gasteiger partial charge >= 0.3 is 6.18 Å². The van der Waals surface area contributed by atoms with Crippen molar-refractivity contribution in [2.75, 3.05) is 0 Å². The van der Waals surface area contributed by atoms with E-state index in [9.17, 15) is 18.3 Å². The van der Waals surface area contributed by atoms with Gasteiger partial charge in [0.1, 0.15) is 0 Å². The number of benzene rings is 1. The van der Waals surface area contributed by atoms with E-state index in [4.69, 9.17) is 0 Å². The predicted molar refractivity (Wildman–Crippen MR) is 60.2 cm³/mol. The molecule has 17 heavy (non-hydrogen) atoms. The molecule has 0 radical (unpaired) electrons. The number of hydrogen-bond acceptors (Lipinski definition) is 1. The Bertz CT molecular complexity index is 441. The van der Waals surface area contributed by atoms with Crippen LogP contribution in [0.4, 0.5) is 13.2 Å². The van der Waals surface area contributed by atoms with Crippen LogP contribution in [0.2, 0.25) is 0 Å². The molecule has 0 bridgehead atoms. The zero-order chi connectivity index (χ0) is 12.9. The molecule has 1 rings (SSSR count). The molecule has 0 fully saturated rings. The number of halogens is 3. The van der Waals surface area contributed by atoms with Crippen molar-refractivity contribution in [3.8, 4) is 0 Å². The molecule has 0 aliphatic rings. The van der Waals surface area contributed by atoms with Gasteiger partial charge in [-0.1, -0.05) is 43.0 Å². The molecule has 90 valence electrons. The molecule has 1 aromatic carbocycles. The zero-order valence-electron chi connectivity index (χ0n) is 8.91. The monoisotopic (exact) mass is 240 g/mol. The standard InChI is InChI=1S/C13H11F3O/c1-2-9-12(17,13(14,15)16)10-8-11-6-4-3-5-7-11/h3-10,17H,1H2/b10-8+/t12-/m1/s1. The van der Waals surface area contributed by atoms with Gasteiger partial charge in [0.25, 0.3) is 0 Å². The Morgan fingerprint density at radius 1 is 1.18 bits per heavy atom. The summed E-state index contributed by atoms with van der Waals surface area (Å²) < 4.78 is 37.8. The molecule has 0 saturated carbocycles. The number of alkyl halides is 3. The highest BCUT2D eigenvalue weighted by Crippen LogP contribution is 2.33. The lowest BCUT2D eigenvalue weighted by atomic mass is 10.0. The SMILES string of the molecule is C=C=C[C@@](O)(/C=C/c1ccccc1)C(F)(F)F. The molecular formula is C13H11F3O. The highest BCUT2D eigenvalue weighted by molar-refractivity contribution is 5.51. The number of aliphatic hydroxyl groups is 1. The summed E-state index contributed by atoms with van der Waals surface area (Å²) in [6.45, 7) is 3.04. The van der Waals surface area contributed by atoms with Crippen molar-refractivity contribution < 1.29 is 18.3 Å². The summed E-state index contributed by atoms with van der Waals surface area (Å²) in [5, 5.41) is 9.44. The van der Waals surface area contributed by atoms with E-state index in [2.05, 4.69) is 6.58 Å². The van der Waals surface area contributed by atoms with Crippen molar-refractivity contribution in [1.29, 1.82) is 0 Å². The van der Waals surface area contributed by atoms with Crippen LogP contribution < -0.4 is 0 Å². The summed E-state index contributed by atoms with van der Waals surface area (Å²) in [4.78, 5) is 0. The largest absolute Gasteiger partial charge is 0.425 e. The summed E-state index contributed by atoms with van der Waals surface area (Å²) in [7, 11) is 0. The van der Waals surface area contributed by atoms with Crippen molar-refractivity contribution in [1.82, 2.24) is 0 Å². The first-order valence-corrected chi connectivity index (χ1v) is 4.79. The Morgan fingerprint density at radius 3 is 2.24 bits per heavy atom. The maximum absolute atomic E-state index is 12.6. The van der Waals surface area contributed by atoms with Crippen LogP contribution in [0.25, 0.3) is 6.08 Å². The third kappa shape index (κ3) is 3.34.